The number of aryl methyl sites for hydroxylation is 1. The van der Waals surface area contributed by atoms with Crippen LogP contribution in [0.4, 0.5) is 0 Å². The Balaban J connectivity index is 2.25. The average molecular weight is 252 g/mol. The second-order valence-corrected chi connectivity index (χ2v) is 6.55. The lowest BCUT2D eigenvalue weighted by molar-refractivity contribution is 0.297. The monoisotopic (exact) mass is 252 g/mol. The molecule has 1 N–H and O–H groups in total. The third-order valence-electron chi connectivity index (χ3n) is 3.79. The summed E-state index contributed by atoms with van der Waals surface area (Å²) in [4.78, 5) is 4.74. The van der Waals surface area contributed by atoms with Gasteiger partial charge in [0.05, 0.1) is 5.54 Å². The van der Waals surface area contributed by atoms with Crippen molar-refractivity contribution in [3.05, 3.63) is 16.1 Å². The zero-order valence-corrected chi connectivity index (χ0v) is 12.2. The van der Waals surface area contributed by atoms with Crippen LogP contribution in [-0.4, -0.2) is 11.0 Å². The standard InChI is InChI=1S/C14H24N2S/c1-5-12-6-7-14(8-12,16-10(2)3)13-15-11(4)9-17-13/h9-10,12,16H,5-8H2,1-4H3. The van der Waals surface area contributed by atoms with Crippen molar-refractivity contribution in [1.82, 2.24) is 10.3 Å². The van der Waals surface area contributed by atoms with Gasteiger partial charge in [-0.2, -0.15) is 0 Å². The van der Waals surface area contributed by atoms with E-state index in [-0.39, 0.29) is 5.54 Å². The van der Waals surface area contributed by atoms with E-state index in [2.05, 4.69) is 38.4 Å². The van der Waals surface area contributed by atoms with Gasteiger partial charge in [-0.3, -0.25) is 0 Å². The minimum atomic E-state index is 0.160. The first kappa shape index (κ1) is 13.0. The third kappa shape index (κ3) is 2.71. The van der Waals surface area contributed by atoms with Gasteiger partial charge in [0.15, 0.2) is 0 Å². The number of nitrogens with zero attached hydrogens (tertiary/aromatic N) is 1. The molecule has 0 aromatic carbocycles. The van der Waals surface area contributed by atoms with Gasteiger partial charge in [-0.1, -0.05) is 13.3 Å². The van der Waals surface area contributed by atoms with Crippen molar-refractivity contribution >= 4 is 11.3 Å². The van der Waals surface area contributed by atoms with Gasteiger partial charge in [-0.05, 0) is 46.0 Å². The van der Waals surface area contributed by atoms with E-state index in [1.165, 1.54) is 30.7 Å². The molecule has 96 valence electrons. The Morgan fingerprint density at radius 2 is 2.35 bits per heavy atom. The SMILES string of the molecule is CCC1CCC(NC(C)C)(c2nc(C)cs2)C1. The van der Waals surface area contributed by atoms with Crippen LogP contribution < -0.4 is 5.32 Å². The van der Waals surface area contributed by atoms with E-state index in [0.29, 0.717) is 6.04 Å². The molecule has 1 heterocycles. The Labute approximate surface area is 109 Å². The topological polar surface area (TPSA) is 24.9 Å². The Morgan fingerprint density at radius 1 is 1.59 bits per heavy atom. The summed E-state index contributed by atoms with van der Waals surface area (Å²) in [5, 5.41) is 7.28. The van der Waals surface area contributed by atoms with Gasteiger partial charge in [-0.15, -0.1) is 11.3 Å². The summed E-state index contributed by atoms with van der Waals surface area (Å²) >= 11 is 1.83. The van der Waals surface area contributed by atoms with Crippen LogP contribution in [0, 0.1) is 12.8 Å². The molecular formula is C14H24N2S. The van der Waals surface area contributed by atoms with Gasteiger partial charge >= 0.3 is 0 Å². The first-order valence-corrected chi connectivity index (χ1v) is 7.64. The van der Waals surface area contributed by atoms with Crippen LogP contribution in [0.15, 0.2) is 5.38 Å². The first-order valence-electron chi connectivity index (χ1n) is 6.76. The predicted molar refractivity (Wildman–Crippen MR) is 74.4 cm³/mol. The zero-order valence-electron chi connectivity index (χ0n) is 11.4. The number of rotatable bonds is 4. The van der Waals surface area contributed by atoms with Crippen LogP contribution in [0.1, 0.15) is 57.2 Å². The molecule has 2 unspecified atom stereocenters. The van der Waals surface area contributed by atoms with Gasteiger partial charge < -0.3 is 5.32 Å². The molecule has 1 aromatic heterocycles. The summed E-state index contributed by atoms with van der Waals surface area (Å²) in [6.07, 6.45) is 5.14. The molecule has 17 heavy (non-hydrogen) atoms. The van der Waals surface area contributed by atoms with Crippen molar-refractivity contribution in [2.75, 3.05) is 0 Å². The molecule has 0 amide bonds. The smallest absolute Gasteiger partial charge is 0.113 e. The highest BCUT2D eigenvalue weighted by atomic mass is 32.1. The number of hydrogen-bond acceptors (Lipinski definition) is 3. The minimum absolute atomic E-state index is 0.160. The van der Waals surface area contributed by atoms with Crippen LogP contribution in [0.5, 0.6) is 0 Å². The molecule has 0 saturated heterocycles. The number of thiazole rings is 1. The molecule has 1 aliphatic rings. The van der Waals surface area contributed by atoms with E-state index in [1.807, 2.05) is 11.3 Å². The molecular weight excluding hydrogens is 228 g/mol. The van der Waals surface area contributed by atoms with Crippen molar-refractivity contribution in [2.24, 2.45) is 5.92 Å². The van der Waals surface area contributed by atoms with E-state index in [0.717, 1.165) is 11.6 Å². The molecule has 0 radical (unpaired) electrons. The third-order valence-corrected chi connectivity index (χ3v) is 4.95. The van der Waals surface area contributed by atoms with Crippen molar-refractivity contribution in [3.8, 4) is 0 Å². The van der Waals surface area contributed by atoms with Crippen molar-refractivity contribution in [1.29, 1.82) is 0 Å². The molecule has 0 aliphatic heterocycles. The lowest BCUT2D eigenvalue weighted by atomic mass is 9.94. The maximum Gasteiger partial charge on any atom is 0.113 e. The van der Waals surface area contributed by atoms with Crippen molar-refractivity contribution in [3.63, 3.8) is 0 Å². The molecule has 2 rings (SSSR count). The highest BCUT2D eigenvalue weighted by molar-refractivity contribution is 7.09. The number of nitrogens with one attached hydrogen (secondary N) is 1. The van der Waals surface area contributed by atoms with Crippen molar-refractivity contribution in [2.45, 2.75) is 65.0 Å². The molecule has 3 heteroatoms. The second kappa shape index (κ2) is 5.07. The Kier molecular flexibility index (Phi) is 3.88. The summed E-state index contributed by atoms with van der Waals surface area (Å²) in [5.41, 5.74) is 1.32. The molecule has 1 aromatic rings. The minimum Gasteiger partial charge on any atom is -0.303 e. The number of hydrogen-bond donors (Lipinski definition) is 1. The van der Waals surface area contributed by atoms with Crippen LogP contribution in [0.2, 0.25) is 0 Å². The Bertz CT molecular complexity index is 372. The summed E-state index contributed by atoms with van der Waals surface area (Å²) in [5.74, 6) is 0.866. The highest BCUT2D eigenvalue weighted by Gasteiger charge is 2.42. The maximum absolute atomic E-state index is 4.74. The molecule has 2 atom stereocenters. The summed E-state index contributed by atoms with van der Waals surface area (Å²) in [6, 6.07) is 0.523. The molecule has 0 spiro atoms. The molecule has 2 nitrogen and oxygen atoms in total. The van der Waals surface area contributed by atoms with E-state index in [9.17, 15) is 0 Å². The van der Waals surface area contributed by atoms with E-state index in [1.54, 1.807) is 0 Å². The van der Waals surface area contributed by atoms with E-state index < -0.39 is 0 Å². The van der Waals surface area contributed by atoms with Crippen LogP contribution in [0.3, 0.4) is 0 Å². The van der Waals surface area contributed by atoms with Gasteiger partial charge in [0.2, 0.25) is 0 Å². The summed E-state index contributed by atoms with van der Waals surface area (Å²) in [6.45, 7) is 8.88. The molecule has 1 saturated carbocycles. The first-order chi connectivity index (χ1) is 8.05. The van der Waals surface area contributed by atoms with Crippen LogP contribution in [0.25, 0.3) is 0 Å². The predicted octanol–water partition coefficient (Wildman–Crippen LogP) is 3.85. The maximum atomic E-state index is 4.74. The van der Waals surface area contributed by atoms with Gasteiger partial charge in [0, 0.05) is 17.1 Å². The fourth-order valence-corrected chi connectivity index (χ4v) is 4.01. The van der Waals surface area contributed by atoms with Crippen LogP contribution in [-0.2, 0) is 5.54 Å². The molecule has 1 aliphatic carbocycles. The summed E-state index contributed by atoms with van der Waals surface area (Å²) in [7, 11) is 0. The fraction of sp³-hybridized carbons (Fsp3) is 0.786. The summed E-state index contributed by atoms with van der Waals surface area (Å²) < 4.78 is 0. The van der Waals surface area contributed by atoms with Gasteiger partial charge in [0.1, 0.15) is 5.01 Å². The lowest BCUT2D eigenvalue weighted by Gasteiger charge is -2.31. The van der Waals surface area contributed by atoms with E-state index in [4.69, 9.17) is 4.98 Å². The highest BCUT2D eigenvalue weighted by Crippen LogP contribution is 2.44. The second-order valence-electron chi connectivity index (χ2n) is 5.69. The zero-order chi connectivity index (χ0) is 12.5. The van der Waals surface area contributed by atoms with Crippen molar-refractivity contribution < 1.29 is 0 Å². The van der Waals surface area contributed by atoms with Crippen LogP contribution >= 0.6 is 11.3 Å². The molecule has 0 bridgehead atoms. The number of aromatic nitrogens is 1. The largest absolute Gasteiger partial charge is 0.303 e. The molecule has 1 fully saturated rings. The lowest BCUT2D eigenvalue weighted by Crippen LogP contribution is -2.44. The fourth-order valence-electron chi connectivity index (χ4n) is 3.01. The quantitative estimate of drug-likeness (QED) is 0.880. The van der Waals surface area contributed by atoms with Gasteiger partial charge in [-0.25, -0.2) is 4.98 Å². The Hall–Kier alpha value is -0.410. The van der Waals surface area contributed by atoms with Gasteiger partial charge in [0.25, 0.3) is 0 Å². The normalized spacial score (nSPS) is 29.1. The van der Waals surface area contributed by atoms with E-state index >= 15 is 0 Å². The average Bonchev–Trinajstić information content (AvgIpc) is 2.85. The Morgan fingerprint density at radius 3 is 2.82 bits per heavy atom.